The van der Waals surface area contributed by atoms with Crippen LogP contribution in [0.4, 0.5) is 17.6 Å². The van der Waals surface area contributed by atoms with Gasteiger partial charge in [-0.2, -0.15) is 5.10 Å². The molecule has 0 aliphatic carbocycles. The Labute approximate surface area is 189 Å². The fraction of sp³-hybridized carbons (Fsp3) is 0.211. The van der Waals surface area contributed by atoms with E-state index in [2.05, 4.69) is 14.8 Å². The number of ether oxygens (including phenoxy) is 1. The molecule has 1 aliphatic rings. The lowest BCUT2D eigenvalue weighted by Crippen LogP contribution is -2.29. The molecule has 1 saturated heterocycles. The van der Waals surface area contributed by atoms with E-state index in [1.807, 2.05) is 0 Å². The zero-order valence-electron chi connectivity index (χ0n) is 16.4. The van der Waals surface area contributed by atoms with Gasteiger partial charge in [0.2, 0.25) is 0 Å². The quantitative estimate of drug-likeness (QED) is 0.399. The van der Waals surface area contributed by atoms with Gasteiger partial charge >= 0.3 is 6.36 Å². The van der Waals surface area contributed by atoms with E-state index in [4.69, 9.17) is 11.6 Å². The first kappa shape index (κ1) is 23.0. The molecule has 174 valence electrons. The minimum atomic E-state index is -5.05. The molecule has 0 spiro atoms. The summed E-state index contributed by atoms with van der Waals surface area (Å²) < 4.78 is 80.6. The van der Waals surface area contributed by atoms with E-state index >= 15 is 0 Å². The molecule has 0 N–H and O–H groups in total. The van der Waals surface area contributed by atoms with Crippen LogP contribution in [0.15, 0.2) is 42.6 Å². The number of nitrogens with zero attached hydrogens (tertiary/aromatic N) is 4. The maximum Gasteiger partial charge on any atom is 0.573 e. The highest BCUT2D eigenvalue weighted by Gasteiger charge is 2.33. The summed E-state index contributed by atoms with van der Waals surface area (Å²) in [4.78, 5) is 17.8. The first-order chi connectivity index (χ1) is 15.4. The number of amides is 1. The average Bonchev–Trinajstić information content (AvgIpc) is 3.29. The third-order valence-electron chi connectivity index (χ3n) is 4.60. The summed E-state index contributed by atoms with van der Waals surface area (Å²) in [7, 11) is -3.42. The van der Waals surface area contributed by atoms with Crippen molar-refractivity contribution in [3.05, 3.63) is 59.3 Å². The van der Waals surface area contributed by atoms with Gasteiger partial charge in [0.1, 0.15) is 22.6 Å². The Morgan fingerprint density at radius 1 is 1.15 bits per heavy atom. The number of rotatable bonds is 4. The van der Waals surface area contributed by atoms with Gasteiger partial charge in [-0.15, -0.1) is 13.2 Å². The molecule has 3 aromatic rings. The van der Waals surface area contributed by atoms with Crippen molar-refractivity contribution in [2.45, 2.75) is 6.36 Å². The Balaban J connectivity index is 1.83. The number of benzene rings is 1. The standard InChI is InChI=1S/C19H13ClF4N4O4S/c20-17-8-13(1-2-25-17)28-16(11-5-12(21)7-14(6-11)32-19(22,23)24)9-15(26-28)18(29)27-3-4-33(30,31)10-27/h1-2,5-9H,3-4,10H2. The maximum absolute atomic E-state index is 14.1. The van der Waals surface area contributed by atoms with Crippen LogP contribution in [-0.2, 0) is 9.84 Å². The molecule has 4 rings (SSSR count). The SMILES string of the molecule is O=C(c1cc(-c2cc(F)cc(OC(F)(F)F)c2)n(-c2ccnc(Cl)c2)n1)N1CCS(=O)(=O)C1. The Bertz CT molecular complexity index is 1340. The van der Waals surface area contributed by atoms with E-state index in [-0.39, 0.29) is 40.1 Å². The lowest BCUT2D eigenvalue weighted by atomic mass is 10.1. The number of halogens is 5. The van der Waals surface area contributed by atoms with E-state index in [9.17, 15) is 30.8 Å². The smallest absolute Gasteiger partial charge is 0.406 e. The molecule has 0 atom stereocenters. The molecule has 33 heavy (non-hydrogen) atoms. The molecule has 3 heterocycles. The van der Waals surface area contributed by atoms with Crippen LogP contribution in [0.25, 0.3) is 16.9 Å². The van der Waals surface area contributed by atoms with Crippen LogP contribution in [0, 0.1) is 5.82 Å². The first-order valence-corrected chi connectivity index (χ1v) is 11.4. The summed E-state index contributed by atoms with van der Waals surface area (Å²) in [5.41, 5.74) is 0.0372. The second-order valence-electron chi connectivity index (χ2n) is 7.03. The molecule has 8 nitrogen and oxygen atoms in total. The number of hydrogen-bond acceptors (Lipinski definition) is 6. The zero-order valence-corrected chi connectivity index (χ0v) is 18.0. The second-order valence-corrected chi connectivity index (χ2v) is 9.57. The molecule has 0 unspecified atom stereocenters. The summed E-state index contributed by atoms with van der Waals surface area (Å²) in [5.74, 6) is -3.23. The van der Waals surface area contributed by atoms with Gasteiger partial charge in [0.15, 0.2) is 15.5 Å². The fourth-order valence-corrected chi connectivity index (χ4v) is 4.77. The number of aromatic nitrogens is 3. The summed E-state index contributed by atoms with van der Waals surface area (Å²) in [6.07, 6.45) is -3.71. The third kappa shape index (κ3) is 5.25. The van der Waals surface area contributed by atoms with Crippen LogP contribution in [0.2, 0.25) is 5.15 Å². The first-order valence-electron chi connectivity index (χ1n) is 9.19. The predicted octanol–water partition coefficient (Wildman–Crippen LogP) is 3.45. The van der Waals surface area contributed by atoms with Gasteiger partial charge < -0.3 is 9.64 Å². The minimum Gasteiger partial charge on any atom is -0.406 e. The van der Waals surface area contributed by atoms with E-state index in [0.29, 0.717) is 6.07 Å². The van der Waals surface area contributed by atoms with Crippen molar-refractivity contribution in [1.29, 1.82) is 0 Å². The fourth-order valence-electron chi connectivity index (χ4n) is 3.25. The molecular formula is C19H13ClF4N4O4S. The van der Waals surface area contributed by atoms with Crippen molar-refractivity contribution in [1.82, 2.24) is 19.7 Å². The second kappa shape index (κ2) is 8.30. The van der Waals surface area contributed by atoms with Crippen molar-refractivity contribution in [2.75, 3.05) is 18.2 Å². The Morgan fingerprint density at radius 3 is 2.55 bits per heavy atom. The van der Waals surface area contributed by atoms with Crippen molar-refractivity contribution in [3.8, 4) is 22.7 Å². The molecule has 0 radical (unpaired) electrons. The molecule has 0 saturated carbocycles. The van der Waals surface area contributed by atoms with Crippen LogP contribution >= 0.6 is 11.6 Å². The topological polar surface area (TPSA) is 94.4 Å². The van der Waals surface area contributed by atoms with Crippen LogP contribution in [0.5, 0.6) is 5.75 Å². The molecule has 14 heteroatoms. The Kier molecular flexibility index (Phi) is 5.78. The Morgan fingerprint density at radius 2 is 1.91 bits per heavy atom. The van der Waals surface area contributed by atoms with Crippen molar-refractivity contribution >= 4 is 27.3 Å². The van der Waals surface area contributed by atoms with E-state index in [1.165, 1.54) is 24.4 Å². The lowest BCUT2D eigenvalue weighted by molar-refractivity contribution is -0.274. The highest BCUT2D eigenvalue weighted by molar-refractivity contribution is 7.91. The van der Waals surface area contributed by atoms with E-state index < -0.39 is 39.6 Å². The molecule has 1 fully saturated rings. The van der Waals surface area contributed by atoms with Gasteiger partial charge in [0, 0.05) is 30.4 Å². The van der Waals surface area contributed by atoms with Gasteiger partial charge in [-0.1, -0.05) is 11.6 Å². The van der Waals surface area contributed by atoms with E-state index in [1.54, 1.807) is 0 Å². The maximum atomic E-state index is 14.1. The number of pyridine rings is 1. The molecule has 1 aliphatic heterocycles. The minimum absolute atomic E-state index is 0.0337. The van der Waals surface area contributed by atoms with Crippen molar-refractivity contribution < 1.29 is 35.5 Å². The monoisotopic (exact) mass is 504 g/mol. The number of carbonyl (C=O) groups excluding carboxylic acids is 1. The average molecular weight is 505 g/mol. The van der Waals surface area contributed by atoms with Crippen LogP contribution < -0.4 is 4.74 Å². The summed E-state index contributed by atoms with van der Waals surface area (Å²) in [5, 5.41) is 4.25. The molecule has 1 amide bonds. The van der Waals surface area contributed by atoms with Crippen LogP contribution in [0.3, 0.4) is 0 Å². The summed E-state index contributed by atoms with van der Waals surface area (Å²) in [6, 6.07) is 6.48. The van der Waals surface area contributed by atoms with Gasteiger partial charge in [-0.05, 0) is 24.3 Å². The molecule has 1 aromatic carbocycles. The van der Waals surface area contributed by atoms with Crippen LogP contribution in [-0.4, -0.2) is 58.5 Å². The predicted molar refractivity (Wildman–Crippen MR) is 108 cm³/mol. The van der Waals surface area contributed by atoms with Gasteiger partial charge in [0.25, 0.3) is 5.91 Å². The summed E-state index contributed by atoms with van der Waals surface area (Å²) in [6.45, 7) is -0.0337. The molecular weight excluding hydrogens is 492 g/mol. The highest BCUT2D eigenvalue weighted by Crippen LogP contribution is 2.32. The van der Waals surface area contributed by atoms with Crippen molar-refractivity contribution in [3.63, 3.8) is 0 Å². The largest absolute Gasteiger partial charge is 0.573 e. The number of hydrogen-bond donors (Lipinski definition) is 0. The van der Waals surface area contributed by atoms with Gasteiger partial charge in [-0.25, -0.2) is 22.5 Å². The Hall–Kier alpha value is -3.19. The molecule has 0 bridgehead atoms. The van der Waals surface area contributed by atoms with E-state index in [0.717, 1.165) is 21.7 Å². The van der Waals surface area contributed by atoms with Gasteiger partial charge in [0.05, 0.1) is 17.1 Å². The highest BCUT2D eigenvalue weighted by atomic mass is 35.5. The number of sulfone groups is 1. The third-order valence-corrected chi connectivity index (χ3v) is 6.31. The number of alkyl halides is 3. The molecule has 2 aromatic heterocycles. The zero-order chi connectivity index (χ0) is 24.0. The lowest BCUT2D eigenvalue weighted by Gasteiger charge is -2.12. The normalized spacial score (nSPS) is 15.6. The van der Waals surface area contributed by atoms with Gasteiger partial charge in [-0.3, -0.25) is 4.79 Å². The summed E-state index contributed by atoms with van der Waals surface area (Å²) >= 11 is 5.92. The number of carbonyl (C=O) groups is 1. The van der Waals surface area contributed by atoms with Crippen molar-refractivity contribution in [2.24, 2.45) is 0 Å². The van der Waals surface area contributed by atoms with Crippen LogP contribution in [0.1, 0.15) is 10.5 Å².